The highest BCUT2D eigenvalue weighted by Gasteiger charge is 2.22. The Kier molecular flexibility index (Phi) is 4.17. The number of thiazole rings is 1. The first-order valence-electron chi connectivity index (χ1n) is 7.30. The fourth-order valence-corrected chi connectivity index (χ4v) is 3.25. The minimum Gasteiger partial charge on any atom is -0.308 e. The highest BCUT2D eigenvalue weighted by Crippen LogP contribution is 2.20. The van der Waals surface area contributed by atoms with E-state index in [0.29, 0.717) is 6.04 Å². The molecule has 1 aromatic heterocycles. The zero-order valence-corrected chi connectivity index (χ0v) is 12.7. The smallest absolute Gasteiger partial charge is 0.107 e. The van der Waals surface area contributed by atoms with E-state index in [-0.39, 0.29) is 0 Å². The molecule has 1 atom stereocenters. The molecule has 1 saturated heterocycles. The maximum Gasteiger partial charge on any atom is 0.107 e. The molecular formula is C14H24N4S. The highest BCUT2D eigenvalue weighted by atomic mass is 32.1. The number of likely N-dealkylation sites (N-methyl/N-ethyl adjacent to an activating group) is 1. The van der Waals surface area contributed by atoms with E-state index in [1.807, 2.05) is 0 Å². The summed E-state index contributed by atoms with van der Waals surface area (Å²) in [5, 5.41) is 7.00. The van der Waals surface area contributed by atoms with Gasteiger partial charge in [-0.25, -0.2) is 4.98 Å². The number of nitrogens with one attached hydrogen (secondary N) is 1. The summed E-state index contributed by atoms with van der Waals surface area (Å²) in [7, 11) is 2.21. The van der Waals surface area contributed by atoms with Crippen molar-refractivity contribution in [2.75, 3.05) is 26.7 Å². The van der Waals surface area contributed by atoms with E-state index >= 15 is 0 Å². The molecule has 0 spiro atoms. The van der Waals surface area contributed by atoms with Crippen LogP contribution in [0.5, 0.6) is 0 Å². The molecule has 19 heavy (non-hydrogen) atoms. The Bertz CT molecular complexity index is 415. The minimum atomic E-state index is 0.656. The molecule has 2 aliphatic rings. The number of aromatic nitrogens is 1. The van der Waals surface area contributed by atoms with Crippen LogP contribution in [0.3, 0.4) is 0 Å². The van der Waals surface area contributed by atoms with Crippen molar-refractivity contribution < 1.29 is 0 Å². The first-order chi connectivity index (χ1) is 9.20. The third-order valence-corrected chi connectivity index (χ3v) is 5.05. The topological polar surface area (TPSA) is 31.4 Å². The van der Waals surface area contributed by atoms with Gasteiger partial charge in [0.25, 0.3) is 0 Å². The second-order valence-electron chi connectivity index (χ2n) is 5.95. The van der Waals surface area contributed by atoms with Gasteiger partial charge in [-0.2, -0.15) is 0 Å². The Morgan fingerprint density at radius 2 is 2.26 bits per heavy atom. The van der Waals surface area contributed by atoms with Crippen molar-refractivity contribution in [2.24, 2.45) is 0 Å². The number of hydrogen-bond donors (Lipinski definition) is 1. The molecule has 2 heterocycles. The third kappa shape index (κ3) is 3.75. The molecule has 0 aromatic carbocycles. The van der Waals surface area contributed by atoms with Crippen LogP contribution in [0.4, 0.5) is 0 Å². The molecule has 2 fully saturated rings. The molecule has 1 unspecified atom stereocenters. The molecule has 5 heteroatoms. The number of rotatable bonds is 5. The number of hydrogen-bond acceptors (Lipinski definition) is 5. The van der Waals surface area contributed by atoms with Gasteiger partial charge in [0.15, 0.2) is 0 Å². The lowest BCUT2D eigenvalue weighted by Gasteiger charge is -2.37. The highest BCUT2D eigenvalue weighted by molar-refractivity contribution is 7.09. The Labute approximate surface area is 119 Å². The van der Waals surface area contributed by atoms with E-state index in [1.165, 1.54) is 30.1 Å². The van der Waals surface area contributed by atoms with Crippen molar-refractivity contribution in [3.63, 3.8) is 0 Å². The molecule has 0 amide bonds. The van der Waals surface area contributed by atoms with Crippen LogP contribution < -0.4 is 5.32 Å². The Balaban J connectivity index is 1.48. The Morgan fingerprint density at radius 3 is 3.00 bits per heavy atom. The summed E-state index contributed by atoms with van der Waals surface area (Å²) < 4.78 is 0. The summed E-state index contributed by atoms with van der Waals surface area (Å²) in [5.74, 6) is 0. The van der Waals surface area contributed by atoms with Crippen molar-refractivity contribution >= 4 is 11.3 Å². The van der Waals surface area contributed by atoms with Gasteiger partial charge in [-0.15, -0.1) is 11.3 Å². The van der Waals surface area contributed by atoms with E-state index in [1.54, 1.807) is 11.3 Å². The second-order valence-corrected chi connectivity index (χ2v) is 6.90. The van der Waals surface area contributed by atoms with Crippen LogP contribution in [0.1, 0.15) is 30.5 Å². The monoisotopic (exact) mass is 280 g/mol. The first-order valence-corrected chi connectivity index (χ1v) is 8.18. The van der Waals surface area contributed by atoms with Gasteiger partial charge in [-0.3, -0.25) is 4.90 Å². The van der Waals surface area contributed by atoms with Crippen molar-refractivity contribution in [1.82, 2.24) is 20.1 Å². The molecule has 3 rings (SSSR count). The van der Waals surface area contributed by atoms with Gasteiger partial charge in [0.2, 0.25) is 0 Å². The Morgan fingerprint density at radius 1 is 1.42 bits per heavy atom. The maximum atomic E-state index is 4.75. The lowest BCUT2D eigenvalue weighted by Crippen LogP contribution is -2.49. The summed E-state index contributed by atoms with van der Waals surface area (Å²) in [4.78, 5) is 9.71. The van der Waals surface area contributed by atoms with Gasteiger partial charge in [0, 0.05) is 50.2 Å². The average molecular weight is 280 g/mol. The van der Waals surface area contributed by atoms with Gasteiger partial charge in [0.1, 0.15) is 5.01 Å². The number of nitrogens with zero attached hydrogens (tertiary/aromatic N) is 3. The van der Waals surface area contributed by atoms with Crippen LogP contribution in [0.25, 0.3) is 0 Å². The lowest BCUT2D eigenvalue weighted by molar-refractivity contribution is 0.0992. The molecule has 1 aliphatic carbocycles. The summed E-state index contributed by atoms with van der Waals surface area (Å²) in [6.07, 6.45) is 2.69. The van der Waals surface area contributed by atoms with Crippen LogP contribution in [0.2, 0.25) is 0 Å². The van der Waals surface area contributed by atoms with E-state index in [4.69, 9.17) is 4.98 Å². The SMILES string of the molecule is CC1CN(Cc2csc(CNC3CC3)n2)CCN1C. The Hall–Kier alpha value is -0.490. The van der Waals surface area contributed by atoms with Gasteiger partial charge < -0.3 is 10.2 Å². The van der Waals surface area contributed by atoms with Crippen LogP contribution in [0.15, 0.2) is 5.38 Å². The van der Waals surface area contributed by atoms with Crippen molar-refractivity contribution in [3.05, 3.63) is 16.1 Å². The molecule has 1 aliphatic heterocycles. The van der Waals surface area contributed by atoms with Crippen molar-refractivity contribution in [3.8, 4) is 0 Å². The fraction of sp³-hybridized carbons (Fsp3) is 0.786. The molecule has 0 bridgehead atoms. The second kappa shape index (κ2) is 5.87. The van der Waals surface area contributed by atoms with Crippen LogP contribution in [-0.4, -0.2) is 53.5 Å². The zero-order chi connectivity index (χ0) is 13.2. The van der Waals surface area contributed by atoms with Crippen molar-refractivity contribution in [2.45, 2.75) is 44.9 Å². The van der Waals surface area contributed by atoms with Crippen LogP contribution in [-0.2, 0) is 13.1 Å². The normalized spacial score (nSPS) is 25.9. The van der Waals surface area contributed by atoms with E-state index in [2.05, 4.69) is 34.5 Å². The quantitative estimate of drug-likeness (QED) is 0.886. The zero-order valence-electron chi connectivity index (χ0n) is 11.9. The summed E-state index contributed by atoms with van der Waals surface area (Å²) in [5.41, 5.74) is 1.24. The predicted octanol–water partition coefficient (Wildman–Crippen LogP) is 1.53. The van der Waals surface area contributed by atoms with Gasteiger partial charge in [-0.05, 0) is 26.8 Å². The summed E-state index contributed by atoms with van der Waals surface area (Å²) in [6.45, 7) is 7.75. The average Bonchev–Trinajstić information content (AvgIpc) is 3.12. The van der Waals surface area contributed by atoms with Crippen molar-refractivity contribution in [1.29, 1.82) is 0 Å². The molecule has 1 saturated carbocycles. The third-order valence-electron chi connectivity index (χ3n) is 4.15. The van der Waals surface area contributed by atoms with Crippen LogP contribution in [0, 0.1) is 0 Å². The van der Waals surface area contributed by atoms with Crippen LogP contribution >= 0.6 is 11.3 Å². The van der Waals surface area contributed by atoms with Gasteiger partial charge in [-0.1, -0.05) is 0 Å². The fourth-order valence-electron chi connectivity index (χ4n) is 2.52. The van der Waals surface area contributed by atoms with E-state index in [9.17, 15) is 0 Å². The standard InChI is InChI=1S/C14H24N4S/c1-11-8-18(6-5-17(11)2)9-13-10-19-14(16-13)7-15-12-3-4-12/h10-12,15H,3-9H2,1-2H3. The largest absolute Gasteiger partial charge is 0.308 e. The molecule has 1 N–H and O–H groups in total. The minimum absolute atomic E-state index is 0.656. The summed E-state index contributed by atoms with van der Waals surface area (Å²) >= 11 is 1.80. The van der Waals surface area contributed by atoms with Gasteiger partial charge in [0.05, 0.1) is 5.69 Å². The molecule has 106 valence electrons. The summed E-state index contributed by atoms with van der Waals surface area (Å²) in [6, 6.07) is 1.43. The van der Waals surface area contributed by atoms with E-state index < -0.39 is 0 Å². The first kappa shape index (κ1) is 13.5. The molecular weight excluding hydrogens is 256 g/mol. The predicted molar refractivity (Wildman–Crippen MR) is 79.3 cm³/mol. The maximum absolute atomic E-state index is 4.75. The van der Waals surface area contributed by atoms with E-state index in [0.717, 1.165) is 32.2 Å². The number of piperazine rings is 1. The molecule has 4 nitrogen and oxygen atoms in total. The molecule has 1 aromatic rings. The molecule has 0 radical (unpaired) electrons. The lowest BCUT2D eigenvalue weighted by atomic mass is 10.2. The van der Waals surface area contributed by atoms with Gasteiger partial charge >= 0.3 is 0 Å².